The number of amides is 3. The standard InChI is InChI=1S/C20H23N3O6S/c1-13(2)21-19(24)12-22-15-7-5-6-8-18(15)30(26,27)23(20(22)25)14-9-10-16(28-3)17(11-14)29-4/h5-11,13H,12H2,1-4H3,(H,21,24). The lowest BCUT2D eigenvalue weighted by Gasteiger charge is -2.36. The number of anilines is 2. The third kappa shape index (κ3) is 3.78. The van der Waals surface area contributed by atoms with E-state index in [1.54, 1.807) is 26.0 Å². The minimum atomic E-state index is -4.21. The third-order valence-corrected chi connectivity index (χ3v) is 6.18. The van der Waals surface area contributed by atoms with E-state index >= 15 is 0 Å². The van der Waals surface area contributed by atoms with Crippen LogP contribution in [0.3, 0.4) is 0 Å². The van der Waals surface area contributed by atoms with Crippen molar-refractivity contribution in [3.05, 3.63) is 42.5 Å². The fraction of sp³-hybridized carbons (Fsp3) is 0.300. The summed E-state index contributed by atoms with van der Waals surface area (Å²) in [5, 5.41) is 2.71. The summed E-state index contributed by atoms with van der Waals surface area (Å²) in [6.45, 7) is 3.27. The van der Waals surface area contributed by atoms with Crippen LogP contribution in [-0.4, -0.2) is 47.2 Å². The molecular formula is C20H23N3O6S. The van der Waals surface area contributed by atoms with Crippen molar-refractivity contribution in [2.45, 2.75) is 24.8 Å². The average Bonchev–Trinajstić information content (AvgIpc) is 2.70. The number of benzene rings is 2. The third-order valence-electron chi connectivity index (χ3n) is 4.43. The number of hydrogen-bond acceptors (Lipinski definition) is 6. The van der Waals surface area contributed by atoms with E-state index in [0.29, 0.717) is 10.1 Å². The van der Waals surface area contributed by atoms with Crippen LogP contribution in [-0.2, 0) is 14.8 Å². The molecule has 3 rings (SSSR count). The Morgan fingerprint density at radius 3 is 2.37 bits per heavy atom. The molecule has 10 heteroatoms. The van der Waals surface area contributed by atoms with E-state index in [1.165, 1.54) is 44.6 Å². The van der Waals surface area contributed by atoms with E-state index in [9.17, 15) is 18.0 Å². The molecule has 0 radical (unpaired) electrons. The lowest BCUT2D eigenvalue weighted by molar-refractivity contribution is -0.120. The molecule has 1 heterocycles. The minimum absolute atomic E-state index is 0.0708. The summed E-state index contributed by atoms with van der Waals surface area (Å²) in [6.07, 6.45) is 0. The van der Waals surface area contributed by atoms with E-state index in [-0.39, 0.29) is 34.6 Å². The maximum atomic E-state index is 13.3. The summed E-state index contributed by atoms with van der Waals surface area (Å²) in [6, 6.07) is 9.43. The summed E-state index contributed by atoms with van der Waals surface area (Å²) in [7, 11) is -1.35. The number of carbonyl (C=O) groups excluding carboxylic acids is 2. The molecule has 0 saturated heterocycles. The Morgan fingerprint density at radius 2 is 1.73 bits per heavy atom. The molecule has 2 aromatic rings. The van der Waals surface area contributed by atoms with Gasteiger partial charge in [-0.15, -0.1) is 0 Å². The van der Waals surface area contributed by atoms with Crippen LogP contribution >= 0.6 is 0 Å². The predicted molar refractivity (Wildman–Crippen MR) is 112 cm³/mol. The lowest BCUT2D eigenvalue weighted by atomic mass is 10.2. The molecule has 1 N–H and O–H groups in total. The van der Waals surface area contributed by atoms with Crippen LogP contribution in [0.2, 0.25) is 0 Å². The Hall–Kier alpha value is -3.27. The second-order valence-electron chi connectivity index (χ2n) is 6.87. The summed E-state index contributed by atoms with van der Waals surface area (Å²) in [5.74, 6) is 0.248. The Bertz CT molecular complexity index is 1080. The van der Waals surface area contributed by atoms with Crippen molar-refractivity contribution >= 4 is 33.3 Å². The zero-order valence-electron chi connectivity index (χ0n) is 17.1. The first kappa shape index (κ1) is 21.4. The number of ether oxygens (including phenoxy) is 2. The topological polar surface area (TPSA) is 105 Å². The summed E-state index contributed by atoms with van der Waals surface area (Å²) < 4.78 is 37.7. The van der Waals surface area contributed by atoms with Gasteiger partial charge >= 0.3 is 6.03 Å². The molecule has 0 atom stereocenters. The second kappa shape index (κ2) is 8.23. The summed E-state index contributed by atoms with van der Waals surface area (Å²) in [5.41, 5.74) is 0.222. The number of sulfonamides is 1. The summed E-state index contributed by atoms with van der Waals surface area (Å²) >= 11 is 0. The highest BCUT2D eigenvalue weighted by Crippen LogP contribution is 2.39. The number of carbonyl (C=O) groups is 2. The maximum Gasteiger partial charge on any atom is 0.343 e. The number of methoxy groups -OCH3 is 2. The number of urea groups is 1. The number of nitrogens with one attached hydrogen (secondary N) is 1. The largest absolute Gasteiger partial charge is 0.493 e. The van der Waals surface area contributed by atoms with Crippen molar-refractivity contribution in [1.29, 1.82) is 0 Å². The molecule has 30 heavy (non-hydrogen) atoms. The molecule has 0 saturated carbocycles. The number of nitrogens with zero attached hydrogens (tertiary/aromatic N) is 2. The first-order valence-corrected chi connectivity index (χ1v) is 10.6. The number of fused-ring (bicyclic) bond motifs is 1. The molecular weight excluding hydrogens is 410 g/mol. The smallest absolute Gasteiger partial charge is 0.343 e. The van der Waals surface area contributed by atoms with Gasteiger partial charge in [-0.3, -0.25) is 9.69 Å². The van der Waals surface area contributed by atoms with Gasteiger partial charge in [0.15, 0.2) is 11.5 Å². The molecule has 9 nitrogen and oxygen atoms in total. The second-order valence-corrected chi connectivity index (χ2v) is 8.62. The van der Waals surface area contributed by atoms with Crippen LogP contribution in [0, 0.1) is 0 Å². The van der Waals surface area contributed by atoms with Crippen molar-refractivity contribution in [3.8, 4) is 11.5 Å². The van der Waals surface area contributed by atoms with Crippen molar-refractivity contribution < 1.29 is 27.5 Å². The lowest BCUT2D eigenvalue weighted by Crippen LogP contribution is -2.54. The van der Waals surface area contributed by atoms with Gasteiger partial charge in [0.2, 0.25) is 5.91 Å². The zero-order valence-corrected chi connectivity index (χ0v) is 17.9. The maximum absolute atomic E-state index is 13.3. The molecule has 1 aliphatic heterocycles. The molecule has 0 unspecified atom stereocenters. The first-order valence-electron chi connectivity index (χ1n) is 9.18. The van der Waals surface area contributed by atoms with Crippen LogP contribution in [0.4, 0.5) is 16.2 Å². The van der Waals surface area contributed by atoms with Gasteiger partial charge in [0.25, 0.3) is 10.0 Å². The van der Waals surface area contributed by atoms with Gasteiger partial charge in [0.05, 0.1) is 25.6 Å². The molecule has 1 aliphatic rings. The molecule has 0 aromatic heterocycles. The van der Waals surface area contributed by atoms with E-state index in [2.05, 4.69) is 5.32 Å². The number of hydrogen-bond donors (Lipinski definition) is 1. The molecule has 2 aromatic carbocycles. The minimum Gasteiger partial charge on any atom is -0.493 e. The van der Waals surface area contributed by atoms with Crippen LogP contribution in [0.25, 0.3) is 0 Å². The van der Waals surface area contributed by atoms with E-state index < -0.39 is 22.0 Å². The highest BCUT2D eigenvalue weighted by molar-refractivity contribution is 7.94. The van der Waals surface area contributed by atoms with Gasteiger partial charge in [0.1, 0.15) is 11.4 Å². The molecule has 0 fully saturated rings. The van der Waals surface area contributed by atoms with Gasteiger partial charge in [-0.25, -0.2) is 13.2 Å². The Balaban J connectivity index is 2.13. The van der Waals surface area contributed by atoms with Crippen LogP contribution in [0.1, 0.15) is 13.8 Å². The SMILES string of the molecule is COc1ccc(N2C(=O)N(CC(=O)NC(C)C)c3ccccc3S2(=O)=O)cc1OC. The zero-order chi connectivity index (χ0) is 22.1. The fourth-order valence-electron chi connectivity index (χ4n) is 3.18. The van der Waals surface area contributed by atoms with Gasteiger partial charge in [-0.05, 0) is 38.1 Å². The Labute approximate surface area is 175 Å². The van der Waals surface area contributed by atoms with Gasteiger partial charge < -0.3 is 14.8 Å². The Morgan fingerprint density at radius 1 is 1.07 bits per heavy atom. The molecule has 0 spiro atoms. The molecule has 0 aliphatic carbocycles. The predicted octanol–water partition coefficient (Wildman–Crippen LogP) is 2.36. The highest BCUT2D eigenvalue weighted by atomic mass is 32.2. The average molecular weight is 433 g/mol. The van der Waals surface area contributed by atoms with E-state index in [0.717, 1.165) is 4.90 Å². The van der Waals surface area contributed by atoms with E-state index in [4.69, 9.17) is 9.47 Å². The van der Waals surface area contributed by atoms with Crippen molar-refractivity contribution in [3.63, 3.8) is 0 Å². The quantitative estimate of drug-likeness (QED) is 0.750. The van der Waals surface area contributed by atoms with Crippen LogP contribution in [0.5, 0.6) is 11.5 Å². The molecule has 160 valence electrons. The number of rotatable bonds is 6. The van der Waals surface area contributed by atoms with Crippen LogP contribution in [0.15, 0.2) is 47.4 Å². The first-order chi connectivity index (χ1) is 14.2. The van der Waals surface area contributed by atoms with E-state index in [1.807, 2.05) is 0 Å². The Kier molecular flexibility index (Phi) is 5.88. The van der Waals surface area contributed by atoms with Crippen molar-refractivity contribution in [2.75, 3.05) is 30.0 Å². The monoisotopic (exact) mass is 433 g/mol. The highest BCUT2D eigenvalue weighted by Gasteiger charge is 2.43. The number of para-hydroxylation sites is 1. The van der Waals surface area contributed by atoms with Gasteiger partial charge in [0, 0.05) is 12.1 Å². The summed E-state index contributed by atoms with van der Waals surface area (Å²) in [4.78, 5) is 26.7. The fourth-order valence-corrected chi connectivity index (χ4v) is 4.76. The normalized spacial score (nSPS) is 15.0. The van der Waals surface area contributed by atoms with Gasteiger partial charge in [-0.1, -0.05) is 12.1 Å². The van der Waals surface area contributed by atoms with Crippen molar-refractivity contribution in [2.24, 2.45) is 0 Å². The van der Waals surface area contributed by atoms with Crippen molar-refractivity contribution in [1.82, 2.24) is 5.32 Å². The van der Waals surface area contributed by atoms with Crippen LogP contribution < -0.4 is 24.0 Å². The van der Waals surface area contributed by atoms with Gasteiger partial charge in [-0.2, -0.15) is 4.31 Å². The molecule has 3 amide bonds. The molecule has 0 bridgehead atoms.